The Kier molecular flexibility index (Phi) is 6.18. The zero-order valence-corrected chi connectivity index (χ0v) is 16.8. The highest BCUT2D eigenvalue weighted by molar-refractivity contribution is 6.07. The van der Waals surface area contributed by atoms with Crippen LogP contribution in [-0.2, 0) is 6.54 Å². The summed E-state index contributed by atoms with van der Waals surface area (Å²) in [6.45, 7) is 0.440. The van der Waals surface area contributed by atoms with Crippen molar-refractivity contribution in [3.8, 4) is 0 Å². The Bertz CT molecular complexity index is 999. The van der Waals surface area contributed by atoms with Gasteiger partial charge in [0.1, 0.15) is 5.69 Å². The first-order valence-corrected chi connectivity index (χ1v) is 10.4. The standard InChI is InChI=1S/C25H25N3O2/c29-24(27-21-11-7-8-12-21)23-17-20(15-16-26-23)25(30)28(22-13-5-2-6-14-22)18-19-9-3-1-4-10-19/h1-6,9-10,13-17,21H,7-8,11-12,18H2,(H,27,29). The van der Waals surface area contributed by atoms with Crippen LogP contribution in [0.2, 0.25) is 0 Å². The Hall–Kier alpha value is -3.47. The number of carbonyl (C=O) groups excluding carboxylic acids is 2. The van der Waals surface area contributed by atoms with Crippen molar-refractivity contribution in [1.29, 1.82) is 0 Å². The first-order valence-electron chi connectivity index (χ1n) is 10.4. The minimum absolute atomic E-state index is 0.164. The molecule has 1 saturated carbocycles. The molecule has 1 aromatic heterocycles. The van der Waals surface area contributed by atoms with Crippen molar-refractivity contribution < 1.29 is 9.59 Å². The van der Waals surface area contributed by atoms with Gasteiger partial charge in [0.15, 0.2) is 0 Å². The molecule has 0 unspecified atom stereocenters. The lowest BCUT2D eigenvalue weighted by Crippen LogP contribution is -2.34. The molecule has 1 heterocycles. The quantitative estimate of drug-likeness (QED) is 0.659. The maximum Gasteiger partial charge on any atom is 0.270 e. The van der Waals surface area contributed by atoms with Gasteiger partial charge in [0.05, 0.1) is 6.54 Å². The van der Waals surface area contributed by atoms with Crippen molar-refractivity contribution in [2.45, 2.75) is 38.3 Å². The van der Waals surface area contributed by atoms with Gasteiger partial charge in [0.25, 0.3) is 11.8 Å². The molecular formula is C25H25N3O2. The van der Waals surface area contributed by atoms with Gasteiger partial charge >= 0.3 is 0 Å². The molecule has 0 atom stereocenters. The summed E-state index contributed by atoms with van der Waals surface area (Å²) in [6, 6.07) is 22.9. The first kappa shape index (κ1) is 19.8. The summed E-state index contributed by atoms with van der Waals surface area (Å²) in [5.74, 6) is -0.381. The molecule has 4 rings (SSSR count). The van der Waals surface area contributed by atoms with Crippen molar-refractivity contribution in [2.24, 2.45) is 0 Å². The molecule has 1 fully saturated rings. The van der Waals surface area contributed by atoms with Gasteiger partial charge in [-0.25, -0.2) is 0 Å². The van der Waals surface area contributed by atoms with Crippen LogP contribution in [-0.4, -0.2) is 22.8 Å². The summed E-state index contributed by atoms with van der Waals surface area (Å²) >= 11 is 0. The zero-order valence-electron chi connectivity index (χ0n) is 16.8. The molecule has 5 nitrogen and oxygen atoms in total. The molecule has 30 heavy (non-hydrogen) atoms. The Morgan fingerprint density at radius 1 is 0.933 bits per heavy atom. The monoisotopic (exact) mass is 399 g/mol. The van der Waals surface area contributed by atoms with Gasteiger partial charge in [-0.15, -0.1) is 0 Å². The Morgan fingerprint density at radius 3 is 2.30 bits per heavy atom. The number of nitrogens with one attached hydrogen (secondary N) is 1. The fraction of sp³-hybridized carbons (Fsp3) is 0.240. The number of para-hydroxylation sites is 1. The minimum Gasteiger partial charge on any atom is -0.348 e. The van der Waals surface area contributed by atoms with Crippen LogP contribution in [0.25, 0.3) is 0 Å². The number of hydrogen-bond acceptors (Lipinski definition) is 3. The highest BCUT2D eigenvalue weighted by Crippen LogP contribution is 2.21. The molecule has 0 aliphatic heterocycles. The summed E-state index contributed by atoms with van der Waals surface area (Å²) in [6.07, 6.45) is 5.82. The molecule has 2 amide bonds. The van der Waals surface area contributed by atoms with E-state index < -0.39 is 0 Å². The van der Waals surface area contributed by atoms with Crippen LogP contribution in [0, 0.1) is 0 Å². The summed E-state index contributed by atoms with van der Waals surface area (Å²) in [5, 5.41) is 3.04. The number of aromatic nitrogens is 1. The third-order valence-electron chi connectivity index (χ3n) is 5.43. The third-order valence-corrected chi connectivity index (χ3v) is 5.43. The van der Waals surface area contributed by atoms with Crippen LogP contribution in [0.3, 0.4) is 0 Å². The van der Waals surface area contributed by atoms with E-state index in [1.807, 2.05) is 60.7 Å². The average Bonchev–Trinajstić information content (AvgIpc) is 3.31. The Labute approximate surface area is 176 Å². The maximum atomic E-state index is 13.4. The molecular weight excluding hydrogens is 374 g/mol. The summed E-state index contributed by atoms with van der Waals surface area (Å²) in [5.41, 5.74) is 2.56. The van der Waals surface area contributed by atoms with Gasteiger partial charge in [0, 0.05) is 23.5 Å². The number of nitrogens with zero attached hydrogens (tertiary/aromatic N) is 2. The highest BCUT2D eigenvalue weighted by atomic mass is 16.2. The van der Waals surface area contributed by atoms with E-state index in [0.29, 0.717) is 12.1 Å². The second-order valence-corrected chi connectivity index (χ2v) is 7.60. The van der Waals surface area contributed by atoms with Gasteiger partial charge < -0.3 is 10.2 Å². The molecule has 152 valence electrons. The van der Waals surface area contributed by atoms with Crippen LogP contribution in [0.15, 0.2) is 79.0 Å². The van der Waals surface area contributed by atoms with Crippen LogP contribution < -0.4 is 10.2 Å². The van der Waals surface area contributed by atoms with Gasteiger partial charge in [-0.05, 0) is 42.7 Å². The molecule has 2 aromatic carbocycles. The first-order chi connectivity index (χ1) is 14.7. The van der Waals surface area contributed by atoms with Gasteiger partial charge in [-0.1, -0.05) is 61.4 Å². The number of benzene rings is 2. The molecule has 0 saturated heterocycles. The van der Waals surface area contributed by atoms with E-state index in [4.69, 9.17) is 0 Å². The minimum atomic E-state index is -0.217. The Morgan fingerprint density at radius 2 is 1.60 bits per heavy atom. The lowest BCUT2D eigenvalue weighted by molar-refractivity contribution is 0.0933. The Balaban J connectivity index is 1.58. The average molecular weight is 399 g/mol. The number of pyridine rings is 1. The van der Waals surface area contributed by atoms with E-state index >= 15 is 0 Å². The van der Waals surface area contributed by atoms with E-state index in [1.165, 1.54) is 6.20 Å². The predicted molar refractivity (Wildman–Crippen MR) is 117 cm³/mol. The fourth-order valence-electron chi connectivity index (χ4n) is 3.83. The fourth-order valence-corrected chi connectivity index (χ4v) is 3.83. The van der Waals surface area contributed by atoms with Crippen molar-refractivity contribution >= 4 is 17.5 Å². The summed E-state index contributed by atoms with van der Waals surface area (Å²) in [4.78, 5) is 32.0. The van der Waals surface area contributed by atoms with Crippen LogP contribution in [0.5, 0.6) is 0 Å². The van der Waals surface area contributed by atoms with Crippen LogP contribution in [0.4, 0.5) is 5.69 Å². The normalized spacial score (nSPS) is 13.7. The van der Waals surface area contributed by atoms with E-state index in [-0.39, 0.29) is 23.6 Å². The number of amides is 2. The van der Waals surface area contributed by atoms with Crippen molar-refractivity contribution in [3.05, 3.63) is 95.8 Å². The molecule has 0 bridgehead atoms. The number of anilines is 1. The van der Waals surface area contributed by atoms with Crippen molar-refractivity contribution in [2.75, 3.05) is 4.90 Å². The lowest BCUT2D eigenvalue weighted by atomic mass is 10.1. The molecule has 1 aliphatic carbocycles. The SMILES string of the molecule is O=C(NC1CCCC1)c1cc(C(=O)N(Cc2ccccc2)c2ccccc2)ccn1. The molecule has 0 radical (unpaired) electrons. The predicted octanol–water partition coefficient (Wildman–Crippen LogP) is 4.60. The smallest absolute Gasteiger partial charge is 0.270 e. The molecule has 1 N–H and O–H groups in total. The second-order valence-electron chi connectivity index (χ2n) is 7.60. The topological polar surface area (TPSA) is 62.3 Å². The zero-order chi connectivity index (χ0) is 20.8. The largest absolute Gasteiger partial charge is 0.348 e. The lowest BCUT2D eigenvalue weighted by Gasteiger charge is -2.23. The van der Waals surface area contributed by atoms with Crippen molar-refractivity contribution in [1.82, 2.24) is 10.3 Å². The van der Waals surface area contributed by atoms with E-state index in [2.05, 4.69) is 10.3 Å². The maximum absolute atomic E-state index is 13.4. The third kappa shape index (κ3) is 4.74. The van der Waals surface area contributed by atoms with Gasteiger partial charge in [-0.2, -0.15) is 0 Å². The van der Waals surface area contributed by atoms with Crippen molar-refractivity contribution in [3.63, 3.8) is 0 Å². The molecule has 1 aliphatic rings. The molecule has 3 aromatic rings. The van der Waals surface area contributed by atoms with E-state index in [0.717, 1.165) is 36.9 Å². The van der Waals surface area contributed by atoms with Gasteiger partial charge in [-0.3, -0.25) is 14.6 Å². The van der Waals surface area contributed by atoms with E-state index in [1.54, 1.807) is 17.0 Å². The number of carbonyl (C=O) groups is 2. The van der Waals surface area contributed by atoms with Crippen LogP contribution >= 0.6 is 0 Å². The van der Waals surface area contributed by atoms with Gasteiger partial charge in [0.2, 0.25) is 0 Å². The van der Waals surface area contributed by atoms with E-state index in [9.17, 15) is 9.59 Å². The number of hydrogen-bond donors (Lipinski definition) is 1. The second kappa shape index (κ2) is 9.35. The number of rotatable bonds is 6. The summed E-state index contributed by atoms with van der Waals surface area (Å²) in [7, 11) is 0. The highest BCUT2D eigenvalue weighted by Gasteiger charge is 2.22. The summed E-state index contributed by atoms with van der Waals surface area (Å²) < 4.78 is 0. The molecule has 0 spiro atoms. The molecule has 5 heteroatoms. The van der Waals surface area contributed by atoms with Crippen LogP contribution in [0.1, 0.15) is 52.1 Å².